The number of H-pyrrole nitrogens is 1. The van der Waals surface area contributed by atoms with E-state index in [-0.39, 0.29) is 18.0 Å². The molecular weight excluding hydrogens is 724 g/mol. The third-order valence-electron chi connectivity index (χ3n) is 10.7. The van der Waals surface area contributed by atoms with Gasteiger partial charge in [0.2, 0.25) is 0 Å². The molecular formula is C42H63N2O6PS2. The van der Waals surface area contributed by atoms with E-state index in [4.69, 9.17) is 30.8 Å². The van der Waals surface area contributed by atoms with Gasteiger partial charge in [0.25, 0.3) is 0 Å². The summed E-state index contributed by atoms with van der Waals surface area (Å²) in [6, 6.07) is 0. The maximum atomic E-state index is 11.0. The minimum Gasteiger partial charge on any atom is -0.505 e. The summed E-state index contributed by atoms with van der Waals surface area (Å²) in [6.45, 7) is 25.6. The maximum absolute atomic E-state index is 11.0. The molecule has 3 heterocycles. The molecule has 3 aromatic rings. The van der Waals surface area contributed by atoms with Gasteiger partial charge in [0, 0.05) is 28.2 Å². The van der Waals surface area contributed by atoms with Gasteiger partial charge in [-0.05, 0) is 113 Å². The number of thiazole rings is 1. The number of hydrogen-bond acceptors (Lipinski definition) is 9. The molecule has 1 aliphatic rings. The molecule has 0 radical (unpaired) electrons. The number of aromatic hydroxyl groups is 1. The standard InChI is InChI=1S/C41H61N2O5PS2.CH2O/c1-25(2)14-11-15-26(3)16-12-17-27(4)18-13-20-41(10)21-19-34-30(7)38(28(5)29(6)39(34)47-41)48-49(45)46-24-33-23-42-32(9)37(44)35(33)22-36-31(8)43-40(50)51-36;1-2/h22-23,25-27,44-45H,8,11-21,24H2,1-7,9-10H3,(H,43,50);1H2/b36-22-;. The summed E-state index contributed by atoms with van der Waals surface area (Å²) in [5, 5.41) is 11.5. The van der Waals surface area contributed by atoms with Gasteiger partial charge >= 0.3 is 8.60 Å². The predicted molar refractivity (Wildman–Crippen MR) is 223 cm³/mol. The molecule has 1 aromatic carbocycles. The number of nitrogens with one attached hydrogen (secondary N) is 1. The minimum atomic E-state index is -2.27. The topological polar surface area (TPSA) is 114 Å². The summed E-state index contributed by atoms with van der Waals surface area (Å²) in [4.78, 5) is 26.3. The van der Waals surface area contributed by atoms with Crippen LogP contribution in [0.15, 0.2) is 6.20 Å². The zero-order valence-electron chi connectivity index (χ0n) is 33.5. The van der Waals surface area contributed by atoms with Crippen LogP contribution < -0.4 is 19.1 Å². The Labute approximate surface area is 328 Å². The summed E-state index contributed by atoms with van der Waals surface area (Å²) in [5.41, 5.74) is 5.56. The lowest BCUT2D eigenvalue weighted by atomic mass is 9.84. The molecule has 4 unspecified atom stereocenters. The third kappa shape index (κ3) is 12.7. The first kappa shape index (κ1) is 44.8. The highest BCUT2D eigenvalue weighted by molar-refractivity contribution is 7.73. The van der Waals surface area contributed by atoms with Crippen LogP contribution >= 0.6 is 32.2 Å². The molecule has 0 aliphatic carbocycles. The van der Waals surface area contributed by atoms with E-state index in [1.54, 1.807) is 13.1 Å². The van der Waals surface area contributed by atoms with Crippen LogP contribution in [0.5, 0.6) is 17.2 Å². The number of aromatic nitrogens is 2. The fourth-order valence-electron chi connectivity index (χ4n) is 7.17. The molecule has 4 atom stereocenters. The number of nitrogens with zero attached hydrogens (tertiary/aromatic N) is 1. The molecule has 3 N–H and O–H groups in total. The number of rotatable bonds is 18. The van der Waals surface area contributed by atoms with Crippen molar-refractivity contribution in [2.24, 2.45) is 17.8 Å². The molecule has 0 saturated heterocycles. The number of benzene rings is 1. The smallest absolute Gasteiger partial charge is 0.394 e. The summed E-state index contributed by atoms with van der Waals surface area (Å²) < 4.78 is 20.2. The second kappa shape index (κ2) is 20.9. The fraction of sp³-hybridized carbons (Fsp3) is 0.595. The predicted octanol–water partition coefficient (Wildman–Crippen LogP) is 10.5. The van der Waals surface area contributed by atoms with Crippen LogP contribution in [0.25, 0.3) is 12.7 Å². The Morgan fingerprint density at radius 1 is 1.04 bits per heavy atom. The number of aryl methyl sites for hydroxylation is 1. The van der Waals surface area contributed by atoms with Crippen LogP contribution in [0.1, 0.15) is 138 Å². The van der Waals surface area contributed by atoms with E-state index in [0.29, 0.717) is 31.9 Å². The lowest BCUT2D eigenvalue weighted by Crippen LogP contribution is -2.37. The van der Waals surface area contributed by atoms with Crippen molar-refractivity contribution >= 4 is 51.6 Å². The van der Waals surface area contributed by atoms with Gasteiger partial charge in [0.15, 0.2) is 3.95 Å². The average Bonchev–Trinajstić information content (AvgIpc) is 3.43. The molecule has 0 bridgehead atoms. The molecule has 4 rings (SSSR count). The summed E-state index contributed by atoms with van der Waals surface area (Å²) >= 11 is 6.63. The molecule has 1 aliphatic heterocycles. The maximum Gasteiger partial charge on any atom is 0.394 e. The van der Waals surface area contributed by atoms with Gasteiger partial charge in [-0.3, -0.25) is 9.51 Å². The number of ether oxygens (including phenoxy) is 1. The van der Waals surface area contributed by atoms with Crippen LogP contribution in [0.3, 0.4) is 0 Å². The van der Waals surface area contributed by atoms with Crippen molar-refractivity contribution in [2.45, 2.75) is 145 Å². The zero-order chi connectivity index (χ0) is 39.5. The highest BCUT2D eigenvalue weighted by atomic mass is 32.1. The van der Waals surface area contributed by atoms with E-state index in [2.05, 4.69) is 58.1 Å². The molecule has 0 fully saturated rings. The van der Waals surface area contributed by atoms with Gasteiger partial charge < -0.3 is 29.0 Å². The second-order valence-corrected chi connectivity index (χ2v) is 18.3. The van der Waals surface area contributed by atoms with Crippen LogP contribution in [-0.2, 0) is 22.3 Å². The molecule has 294 valence electrons. The van der Waals surface area contributed by atoms with Crippen LogP contribution in [-0.4, -0.2) is 32.4 Å². The first-order valence-corrected chi connectivity index (χ1v) is 21.4. The monoisotopic (exact) mass is 786 g/mol. The first-order chi connectivity index (χ1) is 25.1. The first-order valence-electron chi connectivity index (χ1n) is 19.1. The third-order valence-corrected chi connectivity index (χ3v) is 12.6. The number of hydrogen-bond donors (Lipinski definition) is 3. The van der Waals surface area contributed by atoms with Crippen LogP contribution in [0.4, 0.5) is 0 Å². The van der Waals surface area contributed by atoms with Gasteiger partial charge in [-0.1, -0.05) is 79.2 Å². The van der Waals surface area contributed by atoms with E-state index in [1.165, 1.54) is 62.7 Å². The van der Waals surface area contributed by atoms with Gasteiger partial charge in [0.1, 0.15) is 29.6 Å². The molecule has 0 spiro atoms. The van der Waals surface area contributed by atoms with Crippen LogP contribution in [0, 0.1) is 49.4 Å². The Bertz CT molecular complexity index is 1830. The normalized spacial score (nSPS) is 17.5. The van der Waals surface area contributed by atoms with Gasteiger partial charge in [-0.25, -0.2) is 0 Å². The van der Waals surface area contributed by atoms with Crippen molar-refractivity contribution in [1.29, 1.82) is 0 Å². The summed E-state index contributed by atoms with van der Waals surface area (Å²) in [5.74, 6) is 4.05. The van der Waals surface area contributed by atoms with Crippen molar-refractivity contribution in [1.82, 2.24) is 9.97 Å². The Hall–Kier alpha value is -2.62. The van der Waals surface area contributed by atoms with E-state index in [9.17, 15) is 10.00 Å². The number of aromatic amines is 1. The lowest BCUT2D eigenvalue weighted by Gasteiger charge is -2.38. The Balaban J connectivity index is 0.00000372. The van der Waals surface area contributed by atoms with E-state index < -0.39 is 8.60 Å². The summed E-state index contributed by atoms with van der Waals surface area (Å²) in [7, 11) is -2.27. The Kier molecular flexibility index (Phi) is 17.6. The van der Waals surface area contributed by atoms with Crippen molar-refractivity contribution in [3.05, 3.63) is 59.1 Å². The van der Waals surface area contributed by atoms with E-state index in [0.717, 1.165) is 69.6 Å². The zero-order valence-corrected chi connectivity index (χ0v) is 36.1. The Morgan fingerprint density at radius 2 is 1.66 bits per heavy atom. The fourth-order valence-corrected chi connectivity index (χ4v) is 9.02. The number of fused-ring (bicyclic) bond motifs is 1. The molecule has 2 aromatic heterocycles. The molecule has 11 heteroatoms. The average molecular weight is 787 g/mol. The molecule has 0 saturated carbocycles. The quantitative estimate of drug-likeness (QED) is 0.0863. The lowest BCUT2D eigenvalue weighted by molar-refractivity contribution is -0.0980. The number of carbonyl (C=O) groups excluding carboxylic acids is 1. The van der Waals surface area contributed by atoms with Crippen molar-refractivity contribution in [3.63, 3.8) is 0 Å². The van der Waals surface area contributed by atoms with Crippen LogP contribution in [0.2, 0.25) is 0 Å². The largest absolute Gasteiger partial charge is 0.505 e. The van der Waals surface area contributed by atoms with Crippen molar-refractivity contribution in [3.8, 4) is 17.2 Å². The van der Waals surface area contributed by atoms with Crippen molar-refractivity contribution < 1.29 is 28.6 Å². The van der Waals surface area contributed by atoms with E-state index >= 15 is 0 Å². The Morgan fingerprint density at radius 3 is 2.26 bits per heavy atom. The van der Waals surface area contributed by atoms with Gasteiger partial charge in [-0.15, -0.1) is 11.3 Å². The van der Waals surface area contributed by atoms with Gasteiger partial charge in [0.05, 0.1) is 16.8 Å². The van der Waals surface area contributed by atoms with E-state index in [1.807, 2.05) is 26.7 Å². The highest BCUT2D eigenvalue weighted by Gasteiger charge is 2.35. The number of pyridine rings is 1. The molecule has 0 amide bonds. The highest BCUT2D eigenvalue weighted by Crippen LogP contribution is 2.48. The SMILES string of the molecule is C=O.C=c1[nH]c(=S)s/c1=C\c1c(COP(O)Oc2c(C)c(C)c3c(c2C)CCC(C)(CCCC(C)CCCC(C)CCCC(C)C)O3)cnc(C)c1O. The number of carbonyl (C=O) groups is 1. The summed E-state index contributed by atoms with van der Waals surface area (Å²) in [6.07, 6.45) is 16.9. The second-order valence-electron chi connectivity index (χ2n) is 15.7. The van der Waals surface area contributed by atoms with Crippen molar-refractivity contribution in [2.75, 3.05) is 0 Å². The van der Waals surface area contributed by atoms with Gasteiger partial charge in [-0.2, -0.15) is 0 Å². The minimum absolute atomic E-state index is 0.00313. The molecule has 53 heavy (non-hydrogen) atoms. The molecule has 8 nitrogen and oxygen atoms in total.